The third kappa shape index (κ3) is 2.17. The molecule has 0 amide bonds. The smallest absolute Gasteiger partial charge is 0.140 e. The minimum Gasteiger partial charge on any atom is -0.373 e. The summed E-state index contributed by atoms with van der Waals surface area (Å²) in [6.07, 6.45) is 6.09. The maximum absolute atomic E-state index is 8.77. The molecule has 2 aliphatic rings. The van der Waals surface area contributed by atoms with Crippen LogP contribution in [0.3, 0.4) is 0 Å². The Labute approximate surface area is 101 Å². The van der Waals surface area contributed by atoms with Gasteiger partial charge in [-0.25, -0.2) is 4.98 Å². The molecule has 0 radical (unpaired) electrons. The van der Waals surface area contributed by atoms with Crippen LogP contribution in [0.5, 0.6) is 0 Å². The number of nitrogens with one attached hydrogen (secondary N) is 1. The fourth-order valence-corrected chi connectivity index (χ4v) is 2.75. The summed E-state index contributed by atoms with van der Waals surface area (Å²) in [5.74, 6) is 0. The largest absolute Gasteiger partial charge is 0.373 e. The minimum atomic E-state index is 0.400. The molecular weight excluding hydrogens is 214 g/mol. The number of aromatic nitrogens is 1. The molecule has 3 atom stereocenters. The first kappa shape index (κ1) is 10.7. The van der Waals surface area contributed by atoms with Crippen LogP contribution in [-0.2, 0) is 11.3 Å². The lowest BCUT2D eigenvalue weighted by atomic mass is 9.95. The van der Waals surface area contributed by atoms with E-state index in [-0.39, 0.29) is 0 Å². The molecular formula is C13H15N3O. The van der Waals surface area contributed by atoms with Crippen LogP contribution in [-0.4, -0.2) is 23.2 Å². The number of fused-ring (bicyclic) bond motifs is 2. The molecule has 3 rings (SSSR count). The van der Waals surface area contributed by atoms with E-state index in [4.69, 9.17) is 10.00 Å². The van der Waals surface area contributed by atoms with Crippen LogP contribution in [0.1, 0.15) is 30.5 Å². The first-order valence-electron chi connectivity index (χ1n) is 6.09. The van der Waals surface area contributed by atoms with E-state index >= 15 is 0 Å². The average molecular weight is 229 g/mol. The summed E-state index contributed by atoms with van der Waals surface area (Å²) < 4.78 is 5.79. The maximum Gasteiger partial charge on any atom is 0.140 e. The van der Waals surface area contributed by atoms with E-state index in [1.54, 1.807) is 6.20 Å². The number of hydrogen-bond donors (Lipinski definition) is 1. The van der Waals surface area contributed by atoms with Gasteiger partial charge in [-0.05, 0) is 37.0 Å². The van der Waals surface area contributed by atoms with Crippen molar-refractivity contribution in [1.82, 2.24) is 10.3 Å². The zero-order valence-electron chi connectivity index (χ0n) is 9.60. The van der Waals surface area contributed by atoms with Gasteiger partial charge in [-0.1, -0.05) is 0 Å². The van der Waals surface area contributed by atoms with Crippen molar-refractivity contribution >= 4 is 0 Å². The molecule has 0 aliphatic carbocycles. The van der Waals surface area contributed by atoms with Gasteiger partial charge >= 0.3 is 0 Å². The van der Waals surface area contributed by atoms with Gasteiger partial charge in [0.25, 0.3) is 0 Å². The Morgan fingerprint density at radius 3 is 3.18 bits per heavy atom. The van der Waals surface area contributed by atoms with E-state index in [1.165, 1.54) is 12.8 Å². The lowest BCUT2D eigenvalue weighted by Crippen LogP contribution is -2.36. The predicted molar refractivity (Wildman–Crippen MR) is 62.1 cm³/mol. The van der Waals surface area contributed by atoms with Crippen molar-refractivity contribution in [1.29, 1.82) is 5.26 Å². The second-order valence-electron chi connectivity index (χ2n) is 4.76. The van der Waals surface area contributed by atoms with Crippen LogP contribution >= 0.6 is 0 Å². The Morgan fingerprint density at radius 1 is 1.53 bits per heavy atom. The first-order chi connectivity index (χ1) is 8.35. The van der Waals surface area contributed by atoms with Crippen LogP contribution in [0.15, 0.2) is 18.3 Å². The summed E-state index contributed by atoms with van der Waals surface area (Å²) in [4.78, 5) is 3.96. The molecule has 3 heterocycles. The van der Waals surface area contributed by atoms with Crippen molar-refractivity contribution in [2.24, 2.45) is 0 Å². The minimum absolute atomic E-state index is 0.400. The number of ether oxygens (including phenoxy) is 1. The van der Waals surface area contributed by atoms with Gasteiger partial charge in [0.2, 0.25) is 0 Å². The van der Waals surface area contributed by atoms with E-state index < -0.39 is 0 Å². The molecule has 1 aromatic heterocycles. The Hall–Kier alpha value is -1.44. The van der Waals surface area contributed by atoms with Crippen molar-refractivity contribution in [2.75, 3.05) is 0 Å². The highest BCUT2D eigenvalue weighted by Gasteiger charge is 2.40. The van der Waals surface area contributed by atoms with Crippen LogP contribution in [0.2, 0.25) is 0 Å². The Kier molecular flexibility index (Phi) is 2.79. The molecule has 3 unspecified atom stereocenters. The lowest BCUT2D eigenvalue weighted by Gasteiger charge is -2.20. The maximum atomic E-state index is 8.77. The van der Waals surface area contributed by atoms with Gasteiger partial charge in [-0.15, -0.1) is 0 Å². The molecule has 0 aromatic carbocycles. The van der Waals surface area contributed by atoms with Gasteiger partial charge in [0.05, 0.1) is 12.2 Å². The summed E-state index contributed by atoms with van der Waals surface area (Å²) in [6.45, 7) is 0.786. The summed E-state index contributed by atoms with van der Waals surface area (Å²) in [5.41, 5.74) is 1.59. The van der Waals surface area contributed by atoms with Crippen molar-refractivity contribution in [3.63, 3.8) is 0 Å². The van der Waals surface area contributed by atoms with Crippen LogP contribution < -0.4 is 5.32 Å². The molecule has 1 N–H and O–H groups in total. The van der Waals surface area contributed by atoms with E-state index in [0.717, 1.165) is 18.5 Å². The third-order valence-electron chi connectivity index (χ3n) is 3.61. The van der Waals surface area contributed by atoms with Crippen LogP contribution in [0, 0.1) is 11.3 Å². The second-order valence-corrected chi connectivity index (χ2v) is 4.76. The Balaban J connectivity index is 1.59. The number of hydrogen-bond acceptors (Lipinski definition) is 4. The molecule has 17 heavy (non-hydrogen) atoms. The average Bonchev–Trinajstić information content (AvgIpc) is 2.99. The zero-order chi connectivity index (χ0) is 11.7. The number of rotatable bonds is 3. The molecule has 2 bridgehead atoms. The monoisotopic (exact) mass is 229 g/mol. The van der Waals surface area contributed by atoms with Crippen molar-refractivity contribution < 1.29 is 4.74 Å². The van der Waals surface area contributed by atoms with Gasteiger partial charge in [0, 0.05) is 18.8 Å². The summed E-state index contributed by atoms with van der Waals surface area (Å²) >= 11 is 0. The van der Waals surface area contributed by atoms with E-state index in [9.17, 15) is 0 Å². The molecule has 2 fully saturated rings. The van der Waals surface area contributed by atoms with Crippen LogP contribution in [0.4, 0.5) is 0 Å². The van der Waals surface area contributed by atoms with Gasteiger partial charge in [-0.2, -0.15) is 5.26 Å². The zero-order valence-corrected chi connectivity index (χ0v) is 9.60. The highest BCUT2D eigenvalue weighted by atomic mass is 16.5. The topological polar surface area (TPSA) is 57.9 Å². The van der Waals surface area contributed by atoms with E-state index in [1.807, 2.05) is 12.1 Å². The molecule has 4 heteroatoms. The SMILES string of the molecule is N#Cc1cc(CNC2CC3CCC2O3)ccn1. The van der Waals surface area contributed by atoms with Crippen molar-refractivity contribution in [3.05, 3.63) is 29.6 Å². The second kappa shape index (κ2) is 4.44. The molecule has 2 saturated heterocycles. The molecule has 88 valence electrons. The van der Waals surface area contributed by atoms with Crippen LogP contribution in [0.25, 0.3) is 0 Å². The Bertz CT molecular complexity index is 454. The summed E-state index contributed by atoms with van der Waals surface area (Å²) in [7, 11) is 0. The lowest BCUT2D eigenvalue weighted by molar-refractivity contribution is 0.0973. The number of nitriles is 1. The highest BCUT2D eigenvalue weighted by molar-refractivity contribution is 5.25. The molecule has 1 aromatic rings. The molecule has 0 saturated carbocycles. The van der Waals surface area contributed by atoms with Gasteiger partial charge < -0.3 is 10.1 Å². The number of pyridine rings is 1. The fraction of sp³-hybridized carbons (Fsp3) is 0.538. The van der Waals surface area contributed by atoms with E-state index in [2.05, 4.69) is 16.4 Å². The number of nitrogens with zero attached hydrogens (tertiary/aromatic N) is 2. The normalized spacial score (nSPS) is 30.4. The molecule has 2 aliphatic heterocycles. The van der Waals surface area contributed by atoms with Crippen molar-refractivity contribution in [3.8, 4) is 6.07 Å². The summed E-state index contributed by atoms with van der Waals surface area (Å²) in [5, 5.41) is 12.3. The molecule has 4 nitrogen and oxygen atoms in total. The summed E-state index contributed by atoms with van der Waals surface area (Å²) in [6, 6.07) is 6.32. The van der Waals surface area contributed by atoms with Gasteiger partial charge in [-0.3, -0.25) is 0 Å². The Morgan fingerprint density at radius 2 is 2.47 bits per heavy atom. The van der Waals surface area contributed by atoms with Crippen molar-refractivity contribution in [2.45, 2.75) is 44.1 Å². The first-order valence-corrected chi connectivity index (χ1v) is 6.09. The van der Waals surface area contributed by atoms with Gasteiger partial charge in [0.15, 0.2) is 0 Å². The predicted octanol–water partition coefficient (Wildman–Crippen LogP) is 1.36. The fourth-order valence-electron chi connectivity index (χ4n) is 2.75. The highest BCUT2D eigenvalue weighted by Crippen LogP contribution is 2.34. The van der Waals surface area contributed by atoms with Gasteiger partial charge in [0.1, 0.15) is 11.8 Å². The quantitative estimate of drug-likeness (QED) is 0.850. The van der Waals surface area contributed by atoms with E-state index in [0.29, 0.717) is 23.9 Å². The third-order valence-corrected chi connectivity index (χ3v) is 3.61. The standard InChI is InChI=1S/C13H15N3O/c14-7-10-5-9(3-4-15-10)8-16-12-6-11-1-2-13(12)17-11/h3-5,11-13,16H,1-2,6,8H2. The molecule has 0 spiro atoms.